The lowest BCUT2D eigenvalue weighted by atomic mass is 10.1. The molecule has 2 heterocycles. The summed E-state index contributed by atoms with van der Waals surface area (Å²) < 4.78 is 0. The quantitative estimate of drug-likeness (QED) is 0.811. The summed E-state index contributed by atoms with van der Waals surface area (Å²) in [6.07, 6.45) is 4.01. The SMILES string of the molecule is Cc1cncc(C(=O)CC2CSCCN2)c1. The Bertz CT molecular complexity index is 375. The number of aromatic nitrogens is 1. The highest BCUT2D eigenvalue weighted by atomic mass is 32.2. The van der Waals surface area contributed by atoms with E-state index in [-0.39, 0.29) is 5.78 Å². The van der Waals surface area contributed by atoms with Crippen LogP contribution in [0.4, 0.5) is 0 Å². The number of thioether (sulfide) groups is 1. The zero-order chi connectivity index (χ0) is 11.4. The highest BCUT2D eigenvalue weighted by Gasteiger charge is 2.17. The molecule has 1 fully saturated rings. The van der Waals surface area contributed by atoms with Crippen LogP contribution in [0.2, 0.25) is 0 Å². The van der Waals surface area contributed by atoms with Crippen molar-refractivity contribution in [1.82, 2.24) is 10.3 Å². The minimum atomic E-state index is 0.191. The number of carbonyl (C=O) groups excluding carboxylic acids is 1. The third-order valence-corrected chi connectivity index (χ3v) is 3.76. The second-order valence-electron chi connectivity index (χ2n) is 4.10. The Morgan fingerprint density at radius 1 is 1.62 bits per heavy atom. The van der Waals surface area contributed by atoms with E-state index in [0.29, 0.717) is 12.5 Å². The first kappa shape index (κ1) is 11.6. The maximum absolute atomic E-state index is 12.0. The minimum absolute atomic E-state index is 0.191. The number of hydrogen-bond donors (Lipinski definition) is 1. The largest absolute Gasteiger partial charge is 0.312 e. The molecule has 1 atom stereocenters. The van der Waals surface area contributed by atoms with Gasteiger partial charge in [-0.2, -0.15) is 11.8 Å². The Balaban J connectivity index is 1.97. The van der Waals surface area contributed by atoms with Crippen LogP contribution in [-0.2, 0) is 0 Å². The molecule has 86 valence electrons. The molecule has 3 nitrogen and oxygen atoms in total. The molecule has 1 N–H and O–H groups in total. The molecule has 0 amide bonds. The van der Waals surface area contributed by atoms with E-state index in [2.05, 4.69) is 10.3 Å². The van der Waals surface area contributed by atoms with E-state index in [4.69, 9.17) is 0 Å². The van der Waals surface area contributed by atoms with Gasteiger partial charge in [0.2, 0.25) is 0 Å². The van der Waals surface area contributed by atoms with E-state index >= 15 is 0 Å². The van der Waals surface area contributed by atoms with Crippen molar-refractivity contribution in [3.63, 3.8) is 0 Å². The second kappa shape index (κ2) is 5.46. The molecule has 1 unspecified atom stereocenters. The van der Waals surface area contributed by atoms with Gasteiger partial charge in [0.25, 0.3) is 0 Å². The maximum Gasteiger partial charge on any atom is 0.166 e. The molecule has 0 aliphatic carbocycles. The molecule has 4 heteroatoms. The molecule has 1 saturated heterocycles. The highest BCUT2D eigenvalue weighted by molar-refractivity contribution is 7.99. The van der Waals surface area contributed by atoms with Crippen molar-refractivity contribution >= 4 is 17.5 Å². The van der Waals surface area contributed by atoms with E-state index < -0.39 is 0 Å². The number of Topliss-reactive ketones (excluding diaryl/α,β-unsaturated/α-hetero) is 1. The zero-order valence-corrected chi connectivity index (χ0v) is 10.2. The van der Waals surface area contributed by atoms with Gasteiger partial charge < -0.3 is 5.32 Å². The fourth-order valence-corrected chi connectivity index (χ4v) is 2.75. The van der Waals surface area contributed by atoms with E-state index in [1.54, 1.807) is 12.4 Å². The zero-order valence-electron chi connectivity index (χ0n) is 9.40. The number of rotatable bonds is 3. The van der Waals surface area contributed by atoms with Gasteiger partial charge in [-0.25, -0.2) is 0 Å². The van der Waals surface area contributed by atoms with E-state index in [1.165, 1.54) is 0 Å². The van der Waals surface area contributed by atoms with E-state index in [9.17, 15) is 4.79 Å². The summed E-state index contributed by atoms with van der Waals surface area (Å²) in [7, 11) is 0. The van der Waals surface area contributed by atoms with Crippen LogP contribution in [0.3, 0.4) is 0 Å². The molecule has 0 spiro atoms. The Hall–Kier alpha value is -0.870. The van der Waals surface area contributed by atoms with Crippen molar-refractivity contribution in [2.75, 3.05) is 18.1 Å². The van der Waals surface area contributed by atoms with Crippen LogP contribution in [0.15, 0.2) is 18.5 Å². The Morgan fingerprint density at radius 2 is 2.50 bits per heavy atom. The number of hydrogen-bond acceptors (Lipinski definition) is 4. The summed E-state index contributed by atoms with van der Waals surface area (Å²) in [4.78, 5) is 16.0. The van der Waals surface area contributed by atoms with Crippen LogP contribution in [0, 0.1) is 6.92 Å². The fraction of sp³-hybridized carbons (Fsp3) is 0.500. The van der Waals surface area contributed by atoms with Gasteiger partial charge in [0.1, 0.15) is 0 Å². The lowest BCUT2D eigenvalue weighted by Gasteiger charge is -2.22. The average molecular weight is 236 g/mol. The standard InChI is InChI=1S/C12H16N2OS/c1-9-4-10(7-13-6-9)12(15)5-11-8-16-3-2-14-11/h4,6-7,11,14H,2-3,5,8H2,1H3. The molecule has 16 heavy (non-hydrogen) atoms. The van der Waals surface area contributed by atoms with Crippen LogP contribution in [0.25, 0.3) is 0 Å². The summed E-state index contributed by atoms with van der Waals surface area (Å²) in [5.41, 5.74) is 1.77. The lowest BCUT2D eigenvalue weighted by molar-refractivity contribution is 0.0971. The molecule has 0 aromatic carbocycles. The fourth-order valence-electron chi connectivity index (χ4n) is 1.80. The average Bonchev–Trinajstić information content (AvgIpc) is 2.30. The van der Waals surface area contributed by atoms with Gasteiger partial charge in [-0.3, -0.25) is 9.78 Å². The molecule has 0 saturated carbocycles. The van der Waals surface area contributed by atoms with Crippen LogP contribution >= 0.6 is 11.8 Å². The molecule has 1 aromatic rings. The van der Waals surface area contributed by atoms with Crippen molar-refractivity contribution in [2.45, 2.75) is 19.4 Å². The number of carbonyl (C=O) groups is 1. The second-order valence-corrected chi connectivity index (χ2v) is 5.25. The predicted molar refractivity (Wildman–Crippen MR) is 67.0 cm³/mol. The summed E-state index contributed by atoms with van der Waals surface area (Å²) in [6.45, 7) is 2.97. The Labute approximate surface area is 100 Å². The predicted octanol–water partition coefficient (Wildman–Crippen LogP) is 1.67. The number of ketones is 1. The van der Waals surface area contributed by atoms with E-state index in [0.717, 1.165) is 29.2 Å². The summed E-state index contributed by atoms with van der Waals surface area (Å²) in [5.74, 6) is 2.37. The van der Waals surface area contributed by atoms with Gasteiger partial charge in [-0.05, 0) is 18.6 Å². The summed E-state index contributed by atoms with van der Waals surface area (Å²) in [5, 5.41) is 3.37. The monoisotopic (exact) mass is 236 g/mol. The Kier molecular flexibility index (Phi) is 3.96. The molecule has 1 aliphatic rings. The van der Waals surface area contributed by atoms with Gasteiger partial charge >= 0.3 is 0 Å². The van der Waals surface area contributed by atoms with Crippen molar-refractivity contribution in [3.05, 3.63) is 29.6 Å². The number of aryl methyl sites for hydroxylation is 1. The summed E-state index contributed by atoms with van der Waals surface area (Å²) in [6, 6.07) is 2.23. The first-order valence-electron chi connectivity index (χ1n) is 5.51. The first-order valence-corrected chi connectivity index (χ1v) is 6.67. The minimum Gasteiger partial charge on any atom is -0.312 e. The lowest BCUT2D eigenvalue weighted by Crippen LogP contribution is -2.38. The third-order valence-electron chi connectivity index (χ3n) is 2.63. The Morgan fingerprint density at radius 3 is 3.19 bits per heavy atom. The molecular weight excluding hydrogens is 220 g/mol. The topological polar surface area (TPSA) is 42.0 Å². The van der Waals surface area contributed by atoms with Gasteiger partial charge in [0.05, 0.1) is 0 Å². The summed E-state index contributed by atoms with van der Waals surface area (Å²) >= 11 is 1.91. The highest BCUT2D eigenvalue weighted by Crippen LogP contribution is 2.13. The normalized spacial score (nSPS) is 20.7. The molecule has 0 radical (unpaired) electrons. The number of nitrogens with zero attached hydrogens (tertiary/aromatic N) is 1. The van der Waals surface area contributed by atoms with Crippen molar-refractivity contribution in [1.29, 1.82) is 0 Å². The van der Waals surface area contributed by atoms with Crippen molar-refractivity contribution in [3.8, 4) is 0 Å². The van der Waals surface area contributed by atoms with Gasteiger partial charge in [0.15, 0.2) is 5.78 Å². The third kappa shape index (κ3) is 3.06. The number of nitrogens with one attached hydrogen (secondary N) is 1. The molecule has 0 bridgehead atoms. The van der Waals surface area contributed by atoms with Crippen LogP contribution in [0.5, 0.6) is 0 Å². The molecule has 1 aliphatic heterocycles. The van der Waals surface area contributed by atoms with Crippen LogP contribution < -0.4 is 5.32 Å². The van der Waals surface area contributed by atoms with Crippen molar-refractivity contribution < 1.29 is 4.79 Å². The van der Waals surface area contributed by atoms with Crippen LogP contribution in [-0.4, -0.2) is 34.9 Å². The number of pyridine rings is 1. The molecule has 1 aromatic heterocycles. The van der Waals surface area contributed by atoms with Gasteiger partial charge in [-0.1, -0.05) is 0 Å². The molecule has 2 rings (SSSR count). The maximum atomic E-state index is 12.0. The molecular formula is C12H16N2OS. The van der Waals surface area contributed by atoms with Crippen LogP contribution in [0.1, 0.15) is 22.3 Å². The van der Waals surface area contributed by atoms with E-state index in [1.807, 2.05) is 24.8 Å². The first-order chi connectivity index (χ1) is 7.75. The van der Waals surface area contributed by atoms with Gasteiger partial charge in [-0.15, -0.1) is 0 Å². The smallest absolute Gasteiger partial charge is 0.166 e. The van der Waals surface area contributed by atoms with Crippen molar-refractivity contribution in [2.24, 2.45) is 0 Å². The van der Waals surface area contributed by atoms with Gasteiger partial charge in [0, 0.05) is 48.5 Å².